The molecule has 0 aromatic rings. The Morgan fingerprint density at radius 3 is 2.40 bits per heavy atom. The second-order valence-corrected chi connectivity index (χ2v) is 5.64. The Labute approximate surface area is 121 Å². The lowest BCUT2D eigenvalue weighted by molar-refractivity contribution is -0.134. The van der Waals surface area contributed by atoms with Gasteiger partial charge in [-0.25, -0.2) is 0 Å². The van der Waals surface area contributed by atoms with Crippen molar-refractivity contribution in [2.75, 3.05) is 19.7 Å². The van der Waals surface area contributed by atoms with Crippen LogP contribution in [0.5, 0.6) is 0 Å². The van der Waals surface area contributed by atoms with E-state index in [4.69, 9.17) is 5.11 Å². The number of nitrogens with zero attached hydrogens (tertiary/aromatic N) is 1. The van der Waals surface area contributed by atoms with E-state index in [9.17, 15) is 9.59 Å². The zero-order valence-corrected chi connectivity index (χ0v) is 12.9. The largest absolute Gasteiger partial charge is 0.395 e. The number of aliphatic hydroxyl groups excluding tert-OH is 1. The van der Waals surface area contributed by atoms with Crippen molar-refractivity contribution < 1.29 is 14.7 Å². The Hall–Kier alpha value is -1.10. The van der Waals surface area contributed by atoms with Gasteiger partial charge in [0.1, 0.15) is 0 Å². The molecule has 0 aromatic heterocycles. The van der Waals surface area contributed by atoms with Gasteiger partial charge in [-0.05, 0) is 25.2 Å². The molecule has 20 heavy (non-hydrogen) atoms. The molecule has 0 spiro atoms. The normalized spacial score (nSPS) is 20.9. The highest BCUT2D eigenvalue weighted by atomic mass is 16.3. The first-order valence-electron chi connectivity index (χ1n) is 7.73. The van der Waals surface area contributed by atoms with E-state index in [0.717, 1.165) is 19.3 Å². The predicted octanol–water partition coefficient (Wildman–Crippen LogP) is 1.16. The third kappa shape index (κ3) is 4.78. The number of hydrogen-bond donors (Lipinski definition) is 2. The van der Waals surface area contributed by atoms with E-state index in [1.165, 1.54) is 0 Å². The van der Waals surface area contributed by atoms with Gasteiger partial charge in [0.2, 0.25) is 11.8 Å². The Morgan fingerprint density at radius 2 is 1.95 bits per heavy atom. The van der Waals surface area contributed by atoms with Crippen LogP contribution in [0.15, 0.2) is 0 Å². The summed E-state index contributed by atoms with van der Waals surface area (Å²) in [4.78, 5) is 25.6. The molecule has 0 heterocycles. The van der Waals surface area contributed by atoms with E-state index in [-0.39, 0.29) is 30.4 Å². The molecule has 1 saturated carbocycles. The SMILES string of the molecule is CCC(CC)N(CCO)C(=O)CCNC(=O)C1CC1C. The molecule has 0 aliphatic heterocycles. The molecule has 116 valence electrons. The van der Waals surface area contributed by atoms with Gasteiger partial charge in [0, 0.05) is 31.5 Å². The number of hydrogen-bond acceptors (Lipinski definition) is 3. The van der Waals surface area contributed by atoms with Crippen molar-refractivity contribution in [1.29, 1.82) is 0 Å². The molecule has 2 unspecified atom stereocenters. The maximum Gasteiger partial charge on any atom is 0.224 e. The van der Waals surface area contributed by atoms with E-state index in [1.807, 2.05) is 13.8 Å². The first-order chi connectivity index (χ1) is 9.54. The Kier molecular flexibility index (Phi) is 6.99. The lowest BCUT2D eigenvalue weighted by atomic mass is 10.1. The molecule has 1 aliphatic rings. The van der Waals surface area contributed by atoms with Crippen LogP contribution in [0.4, 0.5) is 0 Å². The Balaban J connectivity index is 2.35. The van der Waals surface area contributed by atoms with Crippen LogP contribution >= 0.6 is 0 Å². The lowest BCUT2D eigenvalue weighted by Crippen LogP contribution is -2.43. The number of carbonyl (C=O) groups is 2. The fraction of sp³-hybridized carbons (Fsp3) is 0.867. The van der Waals surface area contributed by atoms with Crippen molar-refractivity contribution in [1.82, 2.24) is 10.2 Å². The van der Waals surface area contributed by atoms with E-state index in [1.54, 1.807) is 4.90 Å². The van der Waals surface area contributed by atoms with Crippen LogP contribution in [-0.2, 0) is 9.59 Å². The average molecular weight is 284 g/mol. The van der Waals surface area contributed by atoms with Gasteiger partial charge >= 0.3 is 0 Å². The first-order valence-corrected chi connectivity index (χ1v) is 7.73. The summed E-state index contributed by atoms with van der Waals surface area (Å²) in [6.07, 6.45) is 3.04. The molecule has 2 amide bonds. The van der Waals surface area contributed by atoms with Gasteiger partial charge in [0.25, 0.3) is 0 Å². The third-order valence-corrected chi connectivity index (χ3v) is 4.13. The van der Waals surface area contributed by atoms with Crippen LogP contribution in [0.25, 0.3) is 0 Å². The molecule has 0 saturated heterocycles. The summed E-state index contributed by atoms with van der Waals surface area (Å²) in [7, 11) is 0. The van der Waals surface area contributed by atoms with Crippen LogP contribution < -0.4 is 5.32 Å². The minimum absolute atomic E-state index is 0.0110. The summed E-state index contributed by atoms with van der Waals surface area (Å²) in [5.74, 6) is 0.720. The van der Waals surface area contributed by atoms with Crippen molar-refractivity contribution in [2.24, 2.45) is 11.8 Å². The summed E-state index contributed by atoms with van der Waals surface area (Å²) in [5.41, 5.74) is 0. The van der Waals surface area contributed by atoms with Crippen molar-refractivity contribution in [2.45, 2.75) is 52.5 Å². The smallest absolute Gasteiger partial charge is 0.224 e. The monoisotopic (exact) mass is 284 g/mol. The molecule has 1 fully saturated rings. The molecule has 0 radical (unpaired) electrons. The standard InChI is InChI=1S/C15H28N2O3/c1-4-12(5-2)17(8-9-18)14(19)6-7-16-15(20)13-10-11(13)3/h11-13,18H,4-10H2,1-3H3,(H,16,20). The molecular weight excluding hydrogens is 256 g/mol. The van der Waals surface area contributed by atoms with Crippen LogP contribution in [0, 0.1) is 11.8 Å². The van der Waals surface area contributed by atoms with Gasteiger partial charge in [-0.1, -0.05) is 20.8 Å². The average Bonchev–Trinajstić information content (AvgIpc) is 3.16. The molecule has 5 nitrogen and oxygen atoms in total. The highest BCUT2D eigenvalue weighted by Gasteiger charge is 2.38. The van der Waals surface area contributed by atoms with E-state index in [2.05, 4.69) is 12.2 Å². The van der Waals surface area contributed by atoms with Gasteiger partial charge in [-0.2, -0.15) is 0 Å². The van der Waals surface area contributed by atoms with Crippen molar-refractivity contribution >= 4 is 11.8 Å². The highest BCUT2D eigenvalue weighted by Crippen LogP contribution is 2.37. The minimum Gasteiger partial charge on any atom is -0.395 e. The van der Waals surface area contributed by atoms with Crippen molar-refractivity contribution in [3.05, 3.63) is 0 Å². The number of rotatable bonds is 9. The maximum atomic E-state index is 12.2. The predicted molar refractivity (Wildman–Crippen MR) is 78.1 cm³/mol. The molecule has 1 rings (SSSR count). The Morgan fingerprint density at radius 1 is 1.35 bits per heavy atom. The lowest BCUT2D eigenvalue weighted by Gasteiger charge is -2.30. The maximum absolute atomic E-state index is 12.2. The summed E-state index contributed by atoms with van der Waals surface area (Å²) in [5, 5.41) is 11.9. The van der Waals surface area contributed by atoms with Gasteiger partial charge in [0.05, 0.1) is 6.61 Å². The number of aliphatic hydroxyl groups is 1. The van der Waals surface area contributed by atoms with E-state index >= 15 is 0 Å². The second kappa shape index (κ2) is 8.25. The number of carbonyl (C=O) groups excluding carboxylic acids is 2. The van der Waals surface area contributed by atoms with Crippen LogP contribution in [0.1, 0.15) is 46.5 Å². The van der Waals surface area contributed by atoms with Crippen molar-refractivity contribution in [3.63, 3.8) is 0 Å². The van der Waals surface area contributed by atoms with Gasteiger partial charge in [-0.15, -0.1) is 0 Å². The number of nitrogens with one attached hydrogen (secondary N) is 1. The van der Waals surface area contributed by atoms with Crippen LogP contribution in [-0.4, -0.2) is 47.6 Å². The first kappa shape index (κ1) is 17.0. The zero-order chi connectivity index (χ0) is 15.1. The molecule has 2 atom stereocenters. The molecular formula is C15H28N2O3. The molecule has 1 aliphatic carbocycles. The van der Waals surface area contributed by atoms with Gasteiger partial charge < -0.3 is 15.3 Å². The summed E-state index contributed by atoms with van der Waals surface area (Å²) >= 11 is 0. The topological polar surface area (TPSA) is 69.6 Å². The van der Waals surface area contributed by atoms with Gasteiger partial charge in [-0.3, -0.25) is 9.59 Å². The zero-order valence-electron chi connectivity index (χ0n) is 12.9. The molecule has 0 bridgehead atoms. The number of amides is 2. The van der Waals surface area contributed by atoms with Crippen LogP contribution in [0.2, 0.25) is 0 Å². The quantitative estimate of drug-likeness (QED) is 0.667. The third-order valence-electron chi connectivity index (χ3n) is 4.13. The van der Waals surface area contributed by atoms with Gasteiger partial charge in [0.15, 0.2) is 0 Å². The highest BCUT2D eigenvalue weighted by molar-refractivity contribution is 5.82. The van der Waals surface area contributed by atoms with E-state index < -0.39 is 0 Å². The van der Waals surface area contributed by atoms with Crippen LogP contribution in [0.3, 0.4) is 0 Å². The fourth-order valence-corrected chi connectivity index (χ4v) is 2.60. The summed E-state index contributed by atoms with van der Waals surface area (Å²) < 4.78 is 0. The molecule has 0 aromatic carbocycles. The Bertz CT molecular complexity index is 329. The fourth-order valence-electron chi connectivity index (χ4n) is 2.60. The summed E-state index contributed by atoms with van der Waals surface area (Å²) in [6.45, 7) is 6.89. The second-order valence-electron chi connectivity index (χ2n) is 5.64. The molecule has 5 heteroatoms. The van der Waals surface area contributed by atoms with Crippen molar-refractivity contribution in [3.8, 4) is 0 Å². The summed E-state index contributed by atoms with van der Waals surface area (Å²) in [6, 6.07) is 0.175. The van der Waals surface area contributed by atoms with E-state index in [0.29, 0.717) is 25.4 Å². The molecule has 2 N–H and O–H groups in total. The minimum atomic E-state index is -0.0197.